The quantitative estimate of drug-likeness (QED) is 0.832. The number of aryl methyl sites for hydroxylation is 1. The molecule has 0 aliphatic rings. The first kappa shape index (κ1) is 14.9. The fourth-order valence-corrected chi connectivity index (χ4v) is 2.52. The van der Waals surface area contributed by atoms with Crippen molar-refractivity contribution in [1.29, 1.82) is 0 Å². The fraction of sp³-hybridized carbons (Fsp3) is 0.133. The molecule has 2 rings (SSSR count). The van der Waals surface area contributed by atoms with Gasteiger partial charge in [-0.25, -0.2) is 4.79 Å². The normalized spacial score (nSPS) is 10.7. The largest absolute Gasteiger partial charge is 0.478 e. The molecule has 2 aromatic heterocycles. The van der Waals surface area contributed by atoms with Crippen LogP contribution in [0.4, 0.5) is 0 Å². The molecule has 2 aromatic rings. The van der Waals surface area contributed by atoms with Gasteiger partial charge in [-0.05, 0) is 36.8 Å². The summed E-state index contributed by atoms with van der Waals surface area (Å²) >= 11 is 1.63. The van der Waals surface area contributed by atoms with Crippen molar-refractivity contribution in [1.82, 2.24) is 10.3 Å². The van der Waals surface area contributed by atoms with E-state index in [1.165, 1.54) is 23.3 Å². The Morgan fingerprint density at radius 2 is 2.19 bits per heavy atom. The number of hydrogen-bond donors (Lipinski definition) is 2. The van der Waals surface area contributed by atoms with Gasteiger partial charge in [-0.3, -0.25) is 9.78 Å². The van der Waals surface area contributed by atoms with E-state index < -0.39 is 5.97 Å². The topological polar surface area (TPSA) is 79.3 Å². The standard InChI is InChI=1S/C15H14N2O3S/c1-10-2-4-13(21-10)9-17-15(20)12-6-11(7-16-8-12)3-5-14(18)19/h2-8H,9H2,1H3,(H,17,20)(H,18,19). The van der Waals surface area contributed by atoms with Crippen LogP contribution in [0.5, 0.6) is 0 Å². The Balaban J connectivity index is 2.02. The van der Waals surface area contributed by atoms with Gasteiger partial charge in [0.15, 0.2) is 0 Å². The Hall–Kier alpha value is -2.47. The maximum absolute atomic E-state index is 12.0. The SMILES string of the molecule is Cc1ccc(CNC(=O)c2cncc(C=CC(=O)O)c2)s1. The highest BCUT2D eigenvalue weighted by atomic mass is 32.1. The predicted molar refractivity (Wildman–Crippen MR) is 81.1 cm³/mol. The van der Waals surface area contributed by atoms with Crippen molar-refractivity contribution in [3.8, 4) is 0 Å². The Morgan fingerprint density at radius 1 is 1.38 bits per heavy atom. The van der Waals surface area contributed by atoms with Crippen molar-refractivity contribution in [3.05, 3.63) is 57.6 Å². The van der Waals surface area contributed by atoms with Gasteiger partial charge in [0.2, 0.25) is 0 Å². The van der Waals surface area contributed by atoms with E-state index in [-0.39, 0.29) is 5.91 Å². The summed E-state index contributed by atoms with van der Waals surface area (Å²) in [5.74, 6) is -1.28. The summed E-state index contributed by atoms with van der Waals surface area (Å²) in [5.41, 5.74) is 0.966. The van der Waals surface area contributed by atoms with Crippen LogP contribution >= 0.6 is 11.3 Å². The zero-order chi connectivity index (χ0) is 15.2. The molecule has 6 heteroatoms. The second-order valence-corrected chi connectivity index (χ2v) is 5.75. The minimum atomic E-state index is -1.04. The number of aromatic nitrogens is 1. The van der Waals surface area contributed by atoms with Crippen LogP contribution in [0, 0.1) is 6.92 Å². The number of carboxylic acids is 1. The molecule has 0 unspecified atom stereocenters. The minimum absolute atomic E-state index is 0.237. The number of carbonyl (C=O) groups excluding carboxylic acids is 1. The summed E-state index contributed by atoms with van der Waals surface area (Å²) in [7, 11) is 0. The van der Waals surface area contributed by atoms with Gasteiger partial charge in [-0.2, -0.15) is 0 Å². The van der Waals surface area contributed by atoms with Crippen LogP contribution in [-0.2, 0) is 11.3 Å². The third-order valence-electron chi connectivity index (χ3n) is 2.66. The zero-order valence-corrected chi connectivity index (χ0v) is 12.2. The zero-order valence-electron chi connectivity index (χ0n) is 11.4. The molecule has 0 aliphatic heterocycles. The molecule has 0 saturated heterocycles. The average molecular weight is 302 g/mol. The van der Waals surface area contributed by atoms with E-state index in [0.717, 1.165) is 11.0 Å². The molecule has 0 bridgehead atoms. The van der Waals surface area contributed by atoms with E-state index in [2.05, 4.69) is 10.3 Å². The number of hydrogen-bond acceptors (Lipinski definition) is 4. The number of amides is 1. The van der Waals surface area contributed by atoms with Gasteiger partial charge in [0.1, 0.15) is 0 Å². The highest BCUT2D eigenvalue weighted by molar-refractivity contribution is 7.11. The molecule has 0 fully saturated rings. The molecule has 2 N–H and O–H groups in total. The van der Waals surface area contributed by atoms with E-state index in [9.17, 15) is 9.59 Å². The van der Waals surface area contributed by atoms with Crippen LogP contribution in [0.2, 0.25) is 0 Å². The molecule has 0 radical (unpaired) electrons. The van der Waals surface area contributed by atoms with E-state index >= 15 is 0 Å². The summed E-state index contributed by atoms with van der Waals surface area (Å²) in [5, 5.41) is 11.4. The van der Waals surface area contributed by atoms with Gasteiger partial charge < -0.3 is 10.4 Å². The molecule has 0 aliphatic carbocycles. The Bertz CT molecular complexity index is 692. The maximum Gasteiger partial charge on any atom is 0.328 e. The molecule has 21 heavy (non-hydrogen) atoms. The van der Waals surface area contributed by atoms with Gasteiger partial charge in [0.25, 0.3) is 5.91 Å². The summed E-state index contributed by atoms with van der Waals surface area (Å²) in [4.78, 5) is 28.7. The van der Waals surface area contributed by atoms with Crippen LogP contribution in [0.25, 0.3) is 6.08 Å². The lowest BCUT2D eigenvalue weighted by molar-refractivity contribution is -0.131. The van der Waals surface area contributed by atoms with Crippen molar-refractivity contribution in [3.63, 3.8) is 0 Å². The third kappa shape index (κ3) is 4.54. The van der Waals surface area contributed by atoms with Gasteiger partial charge in [-0.1, -0.05) is 0 Å². The predicted octanol–water partition coefficient (Wildman–Crippen LogP) is 2.48. The summed E-state index contributed by atoms with van der Waals surface area (Å²) in [6, 6.07) is 5.58. The molecule has 0 aromatic carbocycles. The molecular weight excluding hydrogens is 288 g/mol. The number of nitrogens with one attached hydrogen (secondary N) is 1. The van der Waals surface area contributed by atoms with Gasteiger partial charge in [-0.15, -0.1) is 11.3 Å². The van der Waals surface area contributed by atoms with E-state index in [0.29, 0.717) is 17.7 Å². The van der Waals surface area contributed by atoms with Crippen LogP contribution in [-0.4, -0.2) is 22.0 Å². The monoisotopic (exact) mass is 302 g/mol. The Kier molecular flexibility index (Phi) is 4.84. The molecule has 1 amide bonds. The smallest absolute Gasteiger partial charge is 0.328 e. The van der Waals surface area contributed by atoms with Crippen molar-refractivity contribution < 1.29 is 14.7 Å². The number of pyridine rings is 1. The van der Waals surface area contributed by atoms with Crippen LogP contribution in [0.15, 0.2) is 36.7 Å². The average Bonchev–Trinajstić information content (AvgIpc) is 2.88. The second-order valence-electron chi connectivity index (χ2n) is 4.37. The van der Waals surface area contributed by atoms with Crippen molar-refractivity contribution in [2.45, 2.75) is 13.5 Å². The lowest BCUT2D eigenvalue weighted by Crippen LogP contribution is -2.22. The molecule has 108 valence electrons. The van der Waals surface area contributed by atoms with E-state index in [4.69, 9.17) is 5.11 Å². The highest BCUT2D eigenvalue weighted by Gasteiger charge is 2.07. The number of thiophene rings is 1. The number of nitrogens with zero attached hydrogens (tertiary/aromatic N) is 1. The molecular formula is C15H14N2O3S. The lowest BCUT2D eigenvalue weighted by Gasteiger charge is -2.04. The number of carbonyl (C=O) groups is 2. The first-order chi connectivity index (χ1) is 10.0. The molecule has 0 spiro atoms. The fourth-order valence-electron chi connectivity index (χ4n) is 1.69. The number of aliphatic carboxylic acids is 1. The molecule has 0 saturated carbocycles. The summed E-state index contributed by atoms with van der Waals surface area (Å²) in [6.45, 7) is 2.48. The van der Waals surface area contributed by atoms with Crippen LogP contribution < -0.4 is 5.32 Å². The number of carboxylic acid groups (broad SMARTS) is 1. The molecule has 2 heterocycles. The van der Waals surface area contributed by atoms with Crippen LogP contribution in [0.3, 0.4) is 0 Å². The van der Waals surface area contributed by atoms with Crippen LogP contribution in [0.1, 0.15) is 25.7 Å². The maximum atomic E-state index is 12.0. The first-order valence-electron chi connectivity index (χ1n) is 6.24. The lowest BCUT2D eigenvalue weighted by atomic mass is 10.2. The van der Waals surface area contributed by atoms with Crippen molar-refractivity contribution in [2.75, 3.05) is 0 Å². The summed E-state index contributed by atoms with van der Waals surface area (Å²) in [6.07, 6.45) is 5.35. The third-order valence-corrected chi connectivity index (χ3v) is 3.66. The van der Waals surface area contributed by atoms with Crippen molar-refractivity contribution in [2.24, 2.45) is 0 Å². The van der Waals surface area contributed by atoms with Gasteiger partial charge >= 0.3 is 5.97 Å². The Morgan fingerprint density at radius 3 is 2.86 bits per heavy atom. The molecule has 0 atom stereocenters. The summed E-state index contributed by atoms with van der Waals surface area (Å²) < 4.78 is 0. The van der Waals surface area contributed by atoms with E-state index in [1.54, 1.807) is 17.4 Å². The van der Waals surface area contributed by atoms with E-state index in [1.807, 2.05) is 19.1 Å². The second kappa shape index (κ2) is 6.81. The number of rotatable bonds is 5. The minimum Gasteiger partial charge on any atom is -0.478 e. The Labute approximate surface area is 126 Å². The van der Waals surface area contributed by atoms with Crippen molar-refractivity contribution >= 4 is 29.3 Å². The highest BCUT2D eigenvalue weighted by Crippen LogP contribution is 2.14. The van der Waals surface area contributed by atoms with Gasteiger partial charge in [0, 0.05) is 28.2 Å². The van der Waals surface area contributed by atoms with Gasteiger partial charge in [0.05, 0.1) is 12.1 Å². The first-order valence-corrected chi connectivity index (χ1v) is 7.06. The molecule has 5 nitrogen and oxygen atoms in total.